The summed E-state index contributed by atoms with van der Waals surface area (Å²) >= 11 is 3.45. The van der Waals surface area contributed by atoms with Crippen molar-refractivity contribution >= 4 is 47.3 Å². The van der Waals surface area contributed by atoms with E-state index in [1.54, 1.807) is 0 Å². The fraction of sp³-hybridized carbons (Fsp3) is 0.161. The van der Waals surface area contributed by atoms with E-state index in [4.69, 9.17) is 0 Å². The van der Waals surface area contributed by atoms with Gasteiger partial charge in [-0.2, -0.15) is 13.2 Å². The molecule has 0 heterocycles. The summed E-state index contributed by atoms with van der Waals surface area (Å²) in [6.45, 7) is 0. The molecule has 0 saturated heterocycles. The smallest absolute Gasteiger partial charge is 0.223 e. The Balaban J connectivity index is 1.58. The predicted molar refractivity (Wildman–Crippen MR) is 148 cm³/mol. The molecule has 2 unspecified atom stereocenters. The van der Waals surface area contributed by atoms with E-state index in [1.165, 1.54) is 12.1 Å². The van der Waals surface area contributed by atoms with Gasteiger partial charge in [0.05, 0.1) is 15.7 Å². The van der Waals surface area contributed by atoms with Crippen molar-refractivity contribution in [3.63, 3.8) is 0 Å². The number of halogens is 4. The summed E-state index contributed by atoms with van der Waals surface area (Å²) in [5, 5.41) is 2.83. The lowest BCUT2D eigenvalue weighted by Crippen LogP contribution is -2.24. The van der Waals surface area contributed by atoms with Crippen LogP contribution in [0.15, 0.2) is 106 Å². The van der Waals surface area contributed by atoms with Gasteiger partial charge in [-0.3, -0.25) is 0 Å². The summed E-state index contributed by atoms with van der Waals surface area (Å²) in [4.78, 5) is -0.308. The molecule has 0 bridgehead atoms. The van der Waals surface area contributed by atoms with Gasteiger partial charge in [0.15, 0.2) is 9.84 Å². The topological polar surface area (TPSA) is 34.1 Å². The molecule has 2 nitrogen and oxygen atoms in total. The minimum atomic E-state index is -4.64. The van der Waals surface area contributed by atoms with Gasteiger partial charge in [0.1, 0.15) is 0 Å². The van der Waals surface area contributed by atoms with Gasteiger partial charge in [0.2, 0.25) is 0 Å². The van der Waals surface area contributed by atoms with E-state index >= 15 is 0 Å². The van der Waals surface area contributed by atoms with E-state index in [2.05, 4.69) is 15.9 Å². The molecule has 0 saturated carbocycles. The summed E-state index contributed by atoms with van der Waals surface area (Å²) in [7, 11) is -4.16. The van der Waals surface area contributed by atoms with Crippen molar-refractivity contribution in [1.82, 2.24) is 0 Å². The van der Waals surface area contributed by atoms with Crippen LogP contribution in [0.2, 0.25) is 0 Å². The molecule has 5 aromatic carbocycles. The van der Waals surface area contributed by atoms with Gasteiger partial charge in [-0.15, -0.1) is 0 Å². The molecule has 38 heavy (non-hydrogen) atoms. The molecule has 5 aromatic rings. The first-order valence-corrected chi connectivity index (χ1v) is 14.6. The number of alkyl halides is 3. The van der Waals surface area contributed by atoms with Crippen LogP contribution in [0.3, 0.4) is 0 Å². The minimum Gasteiger partial charge on any atom is -0.223 e. The summed E-state index contributed by atoms with van der Waals surface area (Å²) in [5.74, 6) is -0.0981. The average molecular weight is 595 g/mol. The second kappa shape index (κ2) is 9.24. The molecule has 0 fully saturated rings. The maximum atomic E-state index is 14.2. The van der Waals surface area contributed by atoms with Crippen LogP contribution in [-0.2, 0) is 22.4 Å². The molecule has 0 radical (unpaired) electrons. The lowest BCUT2D eigenvalue weighted by molar-refractivity contribution is -0.137. The van der Waals surface area contributed by atoms with E-state index in [9.17, 15) is 21.6 Å². The molecule has 6 rings (SSSR count). The van der Waals surface area contributed by atoms with Crippen molar-refractivity contribution in [3.8, 4) is 0 Å². The summed E-state index contributed by atoms with van der Waals surface area (Å²) in [6.07, 6.45) is -3.71. The Morgan fingerprint density at radius 1 is 0.763 bits per heavy atom. The summed E-state index contributed by atoms with van der Waals surface area (Å²) in [6, 6.07) is 27.8. The van der Waals surface area contributed by atoms with Crippen LogP contribution in [0.1, 0.15) is 39.8 Å². The number of fused-ring (bicyclic) bond motifs is 5. The van der Waals surface area contributed by atoms with Gasteiger partial charge in [-0.1, -0.05) is 82.7 Å². The molecule has 2 atom stereocenters. The molecule has 1 aliphatic carbocycles. The van der Waals surface area contributed by atoms with E-state index in [-0.39, 0.29) is 17.2 Å². The van der Waals surface area contributed by atoms with Crippen molar-refractivity contribution in [2.75, 3.05) is 0 Å². The third-order valence-corrected chi connectivity index (χ3v) is 10.2. The molecule has 192 valence electrons. The largest absolute Gasteiger partial charge is 0.416 e. The monoisotopic (exact) mass is 594 g/mol. The standard InChI is InChI=1S/C31H22BrF3O2S/c32-24-12-8-19(9-13-24)22-16-21-11-14-27-26-7-2-1-4-20(26)10-15-28(27)30(21)29(17-22)38(36,37)25-6-3-5-23(18-25)31(33,34)35/h1-15,18,22,29H,16-17H2. The Morgan fingerprint density at radius 2 is 1.50 bits per heavy atom. The number of hydrogen-bond donors (Lipinski definition) is 0. The molecule has 0 spiro atoms. The van der Waals surface area contributed by atoms with E-state index < -0.39 is 26.8 Å². The SMILES string of the molecule is O=S(=O)(c1cccc(C(F)(F)F)c1)C1CC(c2ccc(Br)cc2)Cc2ccc3c(ccc4ccccc43)c21. The molecule has 0 aromatic heterocycles. The van der Waals surface area contributed by atoms with Crippen LogP contribution >= 0.6 is 15.9 Å². The van der Waals surface area contributed by atoms with Crippen molar-refractivity contribution in [2.24, 2.45) is 0 Å². The third-order valence-electron chi connectivity index (χ3n) is 7.55. The maximum Gasteiger partial charge on any atom is 0.416 e. The van der Waals surface area contributed by atoms with Crippen LogP contribution < -0.4 is 0 Å². The average Bonchev–Trinajstić information content (AvgIpc) is 2.92. The van der Waals surface area contributed by atoms with Crippen LogP contribution in [0.25, 0.3) is 21.5 Å². The fourth-order valence-corrected chi connectivity index (χ4v) is 7.95. The van der Waals surface area contributed by atoms with Gasteiger partial charge in [-0.05, 0) is 87.3 Å². The normalized spacial score (nSPS) is 18.0. The Kier molecular flexibility index (Phi) is 6.11. The van der Waals surface area contributed by atoms with E-state index in [1.807, 2.05) is 72.8 Å². The van der Waals surface area contributed by atoms with Crippen molar-refractivity contribution in [2.45, 2.75) is 35.1 Å². The molecular formula is C31H22BrF3O2S. The van der Waals surface area contributed by atoms with E-state index in [0.717, 1.165) is 49.3 Å². The maximum absolute atomic E-state index is 14.2. The minimum absolute atomic E-state index is 0.0981. The second-order valence-electron chi connectivity index (χ2n) is 9.77. The third kappa shape index (κ3) is 4.31. The van der Waals surface area contributed by atoms with Gasteiger partial charge in [-0.25, -0.2) is 8.42 Å². The highest BCUT2D eigenvalue weighted by molar-refractivity contribution is 9.10. The Morgan fingerprint density at radius 3 is 2.26 bits per heavy atom. The summed E-state index contributed by atoms with van der Waals surface area (Å²) < 4.78 is 69.8. The molecule has 7 heteroatoms. The Labute approximate surface area is 227 Å². The van der Waals surface area contributed by atoms with Gasteiger partial charge < -0.3 is 0 Å². The van der Waals surface area contributed by atoms with Crippen molar-refractivity contribution in [1.29, 1.82) is 0 Å². The summed E-state index contributed by atoms with van der Waals surface area (Å²) in [5.41, 5.74) is 1.64. The van der Waals surface area contributed by atoms with Gasteiger partial charge in [0, 0.05) is 4.47 Å². The second-order valence-corrected chi connectivity index (χ2v) is 12.8. The Hall–Kier alpha value is -3.16. The van der Waals surface area contributed by atoms with Crippen LogP contribution in [0.4, 0.5) is 13.2 Å². The van der Waals surface area contributed by atoms with Gasteiger partial charge in [0.25, 0.3) is 0 Å². The number of hydrogen-bond acceptors (Lipinski definition) is 2. The molecule has 0 N–H and O–H groups in total. The van der Waals surface area contributed by atoms with Gasteiger partial charge >= 0.3 is 6.18 Å². The highest BCUT2D eigenvalue weighted by atomic mass is 79.9. The fourth-order valence-electron chi connectivity index (χ4n) is 5.72. The molecule has 0 amide bonds. The van der Waals surface area contributed by atoms with Crippen LogP contribution in [-0.4, -0.2) is 8.42 Å². The highest BCUT2D eigenvalue weighted by Gasteiger charge is 2.40. The van der Waals surface area contributed by atoms with Crippen molar-refractivity contribution in [3.05, 3.63) is 124 Å². The zero-order chi connectivity index (χ0) is 26.7. The first-order chi connectivity index (χ1) is 18.1. The van der Waals surface area contributed by atoms with E-state index in [0.29, 0.717) is 12.0 Å². The molecular weight excluding hydrogens is 573 g/mol. The number of rotatable bonds is 3. The molecule has 1 aliphatic rings. The number of sulfone groups is 1. The quantitative estimate of drug-likeness (QED) is 0.195. The van der Waals surface area contributed by atoms with Crippen LogP contribution in [0, 0.1) is 0 Å². The lowest BCUT2D eigenvalue weighted by Gasteiger charge is -2.33. The first kappa shape index (κ1) is 25.1. The lowest BCUT2D eigenvalue weighted by atomic mass is 9.78. The zero-order valence-corrected chi connectivity index (χ0v) is 22.4. The zero-order valence-electron chi connectivity index (χ0n) is 20.0. The highest BCUT2D eigenvalue weighted by Crippen LogP contribution is 2.48. The molecule has 0 aliphatic heterocycles. The van der Waals surface area contributed by atoms with Crippen LogP contribution in [0.5, 0.6) is 0 Å². The Bertz CT molecular complexity index is 1790. The number of benzene rings is 5. The van der Waals surface area contributed by atoms with Crippen molar-refractivity contribution < 1.29 is 21.6 Å². The first-order valence-electron chi connectivity index (χ1n) is 12.2. The predicted octanol–water partition coefficient (Wildman–Crippen LogP) is 9.02.